The lowest BCUT2D eigenvalue weighted by Gasteiger charge is -2.16. The molecule has 10 nitrogen and oxygen atoms in total. The highest BCUT2D eigenvalue weighted by Gasteiger charge is 2.15. The smallest absolute Gasteiger partial charge is 0.252 e. The largest absolute Gasteiger partial charge is 0.302 e. The van der Waals surface area contributed by atoms with Gasteiger partial charge in [0.05, 0.1) is 17.6 Å². The number of fused-ring (bicyclic) bond motifs is 1. The number of carbonyl (C=O) groups is 1. The molecule has 0 aliphatic rings. The Morgan fingerprint density at radius 2 is 1.91 bits per heavy atom. The number of anilines is 2. The fourth-order valence-corrected chi connectivity index (χ4v) is 4.68. The summed E-state index contributed by atoms with van der Waals surface area (Å²) in [5, 5.41) is 9.38. The van der Waals surface area contributed by atoms with Crippen molar-refractivity contribution in [1.29, 1.82) is 0 Å². The number of sulfonamides is 1. The molecule has 0 saturated carbocycles. The summed E-state index contributed by atoms with van der Waals surface area (Å²) in [6, 6.07) is 7.05. The zero-order chi connectivity index (χ0) is 23.8. The van der Waals surface area contributed by atoms with E-state index in [0.717, 1.165) is 28.8 Å². The van der Waals surface area contributed by atoms with Gasteiger partial charge < -0.3 is 5.32 Å². The normalized spacial score (nSPS) is 11.6. The first kappa shape index (κ1) is 22.8. The lowest BCUT2D eigenvalue weighted by Crippen LogP contribution is -2.24. The van der Waals surface area contributed by atoms with Crippen molar-refractivity contribution in [1.82, 2.24) is 24.6 Å². The third-order valence-corrected chi connectivity index (χ3v) is 7.33. The highest BCUT2D eigenvalue weighted by Crippen LogP contribution is 2.27. The van der Waals surface area contributed by atoms with Gasteiger partial charge in [-0.1, -0.05) is 12.1 Å². The minimum atomic E-state index is -3.32. The van der Waals surface area contributed by atoms with Gasteiger partial charge in [0.15, 0.2) is 5.13 Å². The Morgan fingerprint density at radius 3 is 2.61 bits per heavy atom. The van der Waals surface area contributed by atoms with E-state index in [1.807, 2.05) is 19.2 Å². The highest BCUT2D eigenvalue weighted by atomic mass is 32.2. The van der Waals surface area contributed by atoms with Gasteiger partial charge in [0.2, 0.25) is 15.9 Å². The predicted molar refractivity (Wildman–Crippen MR) is 128 cm³/mol. The molecule has 0 radical (unpaired) electrons. The first-order valence-corrected chi connectivity index (χ1v) is 12.8. The summed E-state index contributed by atoms with van der Waals surface area (Å²) in [5.41, 5.74) is 4.83. The first-order chi connectivity index (χ1) is 15.6. The van der Waals surface area contributed by atoms with Crippen LogP contribution in [-0.4, -0.2) is 52.2 Å². The molecule has 1 N–H and O–H groups in total. The van der Waals surface area contributed by atoms with E-state index in [-0.39, 0.29) is 12.3 Å². The molecule has 0 unspecified atom stereocenters. The molecule has 3 aromatic heterocycles. The third kappa shape index (κ3) is 4.86. The van der Waals surface area contributed by atoms with Crippen molar-refractivity contribution in [3.05, 3.63) is 52.9 Å². The Kier molecular flexibility index (Phi) is 6.13. The average Bonchev–Trinajstić information content (AvgIpc) is 3.42. The maximum atomic E-state index is 12.5. The molecule has 0 spiro atoms. The van der Waals surface area contributed by atoms with Crippen LogP contribution < -0.4 is 9.62 Å². The molecule has 4 rings (SSSR count). The number of nitrogens with one attached hydrogen (secondary N) is 1. The Morgan fingerprint density at radius 1 is 1.18 bits per heavy atom. The summed E-state index contributed by atoms with van der Waals surface area (Å²) >= 11 is 1.33. The molecule has 33 heavy (non-hydrogen) atoms. The molecule has 3 heterocycles. The van der Waals surface area contributed by atoms with Crippen LogP contribution in [0.4, 0.5) is 10.8 Å². The minimum absolute atomic E-state index is 0.140. The fourth-order valence-electron chi connectivity index (χ4n) is 3.43. The van der Waals surface area contributed by atoms with Crippen molar-refractivity contribution in [2.24, 2.45) is 0 Å². The number of amides is 1. The van der Waals surface area contributed by atoms with Gasteiger partial charge in [-0.25, -0.2) is 22.9 Å². The van der Waals surface area contributed by atoms with Gasteiger partial charge in [0.25, 0.3) is 5.78 Å². The molecular formula is C21H23N7O3S2. The average molecular weight is 486 g/mol. The van der Waals surface area contributed by atoms with Gasteiger partial charge in [0, 0.05) is 35.8 Å². The van der Waals surface area contributed by atoms with Crippen LogP contribution in [0, 0.1) is 13.8 Å². The van der Waals surface area contributed by atoms with Crippen molar-refractivity contribution in [3.8, 4) is 11.3 Å². The molecule has 1 aromatic carbocycles. The Hall–Kier alpha value is -3.38. The van der Waals surface area contributed by atoms with E-state index in [1.54, 1.807) is 28.8 Å². The second-order valence-electron chi connectivity index (χ2n) is 7.60. The number of hydrogen-bond donors (Lipinski definition) is 1. The molecular weight excluding hydrogens is 462 g/mol. The number of rotatable bonds is 7. The van der Waals surface area contributed by atoms with Crippen molar-refractivity contribution < 1.29 is 13.2 Å². The Balaban J connectivity index is 1.40. The van der Waals surface area contributed by atoms with Gasteiger partial charge in [-0.05, 0) is 38.0 Å². The topological polar surface area (TPSA) is 122 Å². The number of thiazole rings is 1. The molecule has 0 bridgehead atoms. The summed E-state index contributed by atoms with van der Waals surface area (Å²) in [6.45, 7) is 3.84. The zero-order valence-corrected chi connectivity index (χ0v) is 20.2. The number of aromatic nitrogens is 5. The van der Waals surface area contributed by atoms with Crippen LogP contribution in [0.2, 0.25) is 0 Å². The van der Waals surface area contributed by atoms with Gasteiger partial charge in [-0.2, -0.15) is 10.1 Å². The van der Waals surface area contributed by atoms with E-state index in [9.17, 15) is 13.2 Å². The van der Waals surface area contributed by atoms with Gasteiger partial charge in [-0.15, -0.1) is 11.3 Å². The van der Waals surface area contributed by atoms with Crippen molar-refractivity contribution >= 4 is 43.9 Å². The number of nitrogens with zero attached hydrogens (tertiary/aromatic N) is 6. The molecule has 0 aliphatic carbocycles. The van der Waals surface area contributed by atoms with E-state index >= 15 is 0 Å². The van der Waals surface area contributed by atoms with E-state index in [0.29, 0.717) is 28.7 Å². The van der Waals surface area contributed by atoms with E-state index < -0.39 is 10.0 Å². The maximum absolute atomic E-state index is 12.5. The van der Waals surface area contributed by atoms with Crippen molar-refractivity contribution in [2.75, 3.05) is 22.9 Å². The van der Waals surface area contributed by atoms with Crippen LogP contribution in [0.1, 0.15) is 23.4 Å². The molecule has 4 aromatic rings. The Labute approximate surface area is 195 Å². The summed E-state index contributed by atoms with van der Waals surface area (Å²) in [5.74, 6) is 0.406. The highest BCUT2D eigenvalue weighted by molar-refractivity contribution is 7.92. The second-order valence-corrected chi connectivity index (χ2v) is 10.5. The second kappa shape index (κ2) is 8.87. The van der Waals surface area contributed by atoms with E-state index in [2.05, 4.69) is 25.4 Å². The van der Waals surface area contributed by atoms with Crippen LogP contribution in [-0.2, 0) is 21.2 Å². The summed E-state index contributed by atoms with van der Waals surface area (Å²) in [7, 11) is -1.82. The standard InChI is InChI=1S/C21H23N7O3S2/c1-13-17(14(2)28-20(24-13)22-12-23-28)9-10-19(29)26-21-25-18(11-32-21)15-5-7-16(8-6-15)27(3)33(4,30)31/h5-8,11-12H,9-10H2,1-4H3,(H,25,26,29). The molecule has 0 aliphatic heterocycles. The number of benzene rings is 1. The summed E-state index contributed by atoms with van der Waals surface area (Å²) < 4.78 is 26.3. The monoisotopic (exact) mass is 485 g/mol. The maximum Gasteiger partial charge on any atom is 0.252 e. The molecule has 0 saturated heterocycles. The third-order valence-electron chi connectivity index (χ3n) is 5.37. The Bertz CT molecular complexity index is 1430. The zero-order valence-electron chi connectivity index (χ0n) is 18.6. The van der Waals surface area contributed by atoms with E-state index in [4.69, 9.17) is 0 Å². The van der Waals surface area contributed by atoms with Crippen molar-refractivity contribution in [2.45, 2.75) is 26.7 Å². The van der Waals surface area contributed by atoms with E-state index in [1.165, 1.54) is 29.0 Å². The van der Waals surface area contributed by atoms with Crippen LogP contribution in [0.3, 0.4) is 0 Å². The fraction of sp³-hybridized carbons (Fsp3) is 0.286. The molecule has 172 valence electrons. The van der Waals surface area contributed by atoms with Crippen LogP contribution in [0.25, 0.3) is 17.0 Å². The summed E-state index contributed by atoms with van der Waals surface area (Å²) in [6.07, 6.45) is 3.43. The summed E-state index contributed by atoms with van der Waals surface area (Å²) in [4.78, 5) is 25.6. The predicted octanol–water partition coefficient (Wildman–Crippen LogP) is 2.83. The van der Waals surface area contributed by atoms with Gasteiger partial charge >= 0.3 is 0 Å². The lowest BCUT2D eigenvalue weighted by molar-refractivity contribution is -0.116. The quantitative estimate of drug-likeness (QED) is 0.427. The molecule has 1 amide bonds. The van der Waals surface area contributed by atoms with Crippen LogP contribution in [0.5, 0.6) is 0 Å². The van der Waals surface area contributed by atoms with Crippen LogP contribution >= 0.6 is 11.3 Å². The number of carbonyl (C=O) groups excluding carboxylic acids is 1. The minimum Gasteiger partial charge on any atom is -0.302 e. The van der Waals surface area contributed by atoms with Crippen LogP contribution in [0.15, 0.2) is 36.0 Å². The first-order valence-electron chi connectivity index (χ1n) is 10.1. The van der Waals surface area contributed by atoms with Gasteiger partial charge in [0.1, 0.15) is 6.33 Å². The lowest BCUT2D eigenvalue weighted by atomic mass is 10.1. The molecule has 12 heteroatoms. The number of hydrogen-bond acceptors (Lipinski definition) is 8. The van der Waals surface area contributed by atoms with Crippen molar-refractivity contribution in [3.63, 3.8) is 0 Å². The molecule has 0 fully saturated rings. The SMILES string of the molecule is Cc1nc2ncnn2c(C)c1CCC(=O)Nc1nc(-c2ccc(N(C)S(C)(=O)=O)cc2)cs1. The number of aryl methyl sites for hydroxylation is 2. The van der Waals surface area contributed by atoms with Gasteiger partial charge in [-0.3, -0.25) is 9.10 Å². The molecule has 0 atom stereocenters.